The minimum absolute atomic E-state index is 0.100. The van der Waals surface area contributed by atoms with Crippen molar-refractivity contribution in [3.63, 3.8) is 0 Å². The van der Waals surface area contributed by atoms with E-state index in [0.29, 0.717) is 0 Å². The van der Waals surface area contributed by atoms with Crippen molar-refractivity contribution in [3.8, 4) is 0 Å². The summed E-state index contributed by atoms with van der Waals surface area (Å²) in [5.74, 6) is 1.17. The fraction of sp³-hybridized carbons (Fsp3) is 0.138. The van der Waals surface area contributed by atoms with E-state index in [2.05, 4.69) is 106 Å². The number of aliphatic imine (C=N–C) groups is 1. The Bertz CT molecular complexity index is 1560. The molecule has 0 spiro atoms. The minimum atomic E-state index is 0.100. The third-order valence-corrected chi connectivity index (χ3v) is 6.91. The third-order valence-electron chi connectivity index (χ3n) is 6.91. The van der Waals surface area contributed by atoms with Crippen LogP contribution in [0, 0.1) is 0 Å². The van der Waals surface area contributed by atoms with Gasteiger partial charge in [-0.15, -0.1) is 0 Å². The average molecular weight is 414 g/mol. The van der Waals surface area contributed by atoms with Gasteiger partial charge in [-0.3, -0.25) is 4.57 Å². The molecule has 6 aromatic rings. The average Bonchev–Trinajstić information content (AvgIpc) is 3.37. The summed E-state index contributed by atoms with van der Waals surface area (Å²) in [5.41, 5.74) is 5.03. The highest BCUT2D eigenvalue weighted by molar-refractivity contribution is 6.14. The number of aromatic nitrogens is 2. The molecule has 0 aliphatic carbocycles. The van der Waals surface area contributed by atoms with Crippen molar-refractivity contribution in [1.29, 1.82) is 0 Å². The summed E-state index contributed by atoms with van der Waals surface area (Å²) in [6.07, 6.45) is 3.29. The van der Waals surface area contributed by atoms with Gasteiger partial charge in [-0.1, -0.05) is 72.8 Å². The highest BCUT2D eigenvalue weighted by Gasteiger charge is 2.23. The molecular formula is C29H23N3. The van der Waals surface area contributed by atoms with E-state index in [-0.39, 0.29) is 6.17 Å². The largest absolute Gasteiger partial charge is 0.317 e. The fourth-order valence-electron chi connectivity index (χ4n) is 5.57. The van der Waals surface area contributed by atoms with Crippen LogP contribution in [0.2, 0.25) is 0 Å². The lowest BCUT2D eigenvalue weighted by Crippen LogP contribution is -2.20. The fourth-order valence-corrected chi connectivity index (χ4v) is 5.57. The Labute approximate surface area is 186 Å². The standard InChI is InChI=1S/C29H23N3/c1-5-14-24-20(10-1)21-11-2-6-15-25(21)31(24)28-18-9-19-29(30-28)32-26-16-7-3-12-22(26)23-13-4-8-17-27(23)32/h1-8,10-17,28H,9,18-19H2. The monoisotopic (exact) mass is 413 g/mol. The van der Waals surface area contributed by atoms with Crippen LogP contribution in [-0.4, -0.2) is 15.0 Å². The van der Waals surface area contributed by atoms with E-state index in [1.165, 1.54) is 49.4 Å². The van der Waals surface area contributed by atoms with Crippen LogP contribution in [0.15, 0.2) is 102 Å². The van der Waals surface area contributed by atoms with E-state index in [4.69, 9.17) is 4.99 Å². The second-order valence-electron chi connectivity index (χ2n) is 8.69. The van der Waals surface area contributed by atoms with Gasteiger partial charge in [0.05, 0.1) is 22.1 Å². The lowest BCUT2D eigenvalue weighted by Gasteiger charge is -2.25. The molecule has 7 rings (SSSR count). The number of rotatable bonds is 1. The smallest absolute Gasteiger partial charge is 0.127 e. The lowest BCUT2D eigenvalue weighted by molar-refractivity contribution is 0.475. The number of fused-ring (bicyclic) bond motifs is 6. The Balaban J connectivity index is 1.49. The van der Waals surface area contributed by atoms with Gasteiger partial charge >= 0.3 is 0 Å². The Hall–Kier alpha value is -3.85. The van der Waals surface area contributed by atoms with E-state index in [0.717, 1.165) is 19.3 Å². The topological polar surface area (TPSA) is 22.2 Å². The Kier molecular flexibility index (Phi) is 3.80. The van der Waals surface area contributed by atoms with Crippen LogP contribution in [0.1, 0.15) is 25.4 Å². The summed E-state index contributed by atoms with van der Waals surface area (Å²) in [6, 6.07) is 34.9. The van der Waals surface area contributed by atoms with E-state index >= 15 is 0 Å². The van der Waals surface area contributed by atoms with Gasteiger partial charge in [0.15, 0.2) is 0 Å². The first-order valence-electron chi connectivity index (χ1n) is 11.4. The molecule has 1 unspecified atom stereocenters. The predicted octanol–water partition coefficient (Wildman–Crippen LogP) is 7.53. The summed E-state index contributed by atoms with van der Waals surface area (Å²) in [6.45, 7) is 0. The van der Waals surface area contributed by atoms with Crippen molar-refractivity contribution in [2.45, 2.75) is 25.4 Å². The Morgan fingerprint density at radius 2 is 1.00 bits per heavy atom. The number of hydrogen-bond acceptors (Lipinski definition) is 1. The predicted molar refractivity (Wildman–Crippen MR) is 135 cm³/mol. The van der Waals surface area contributed by atoms with Crippen LogP contribution in [0.3, 0.4) is 0 Å². The lowest BCUT2D eigenvalue weighted by atomic mass is 10.1. The molecule has 3 nitrogen and oxygen atoms in total. The molecule has 0 fully saturated rings. The number of hydrogen-bond donors (Lipinski definition) is 0. The van der Waals surface area contributed by atoms with Crippen molar-refractivity contribution in [1.82, 2.24) is 9.13 Å². The zero-order valence-electron chi connectivity index (χ0n) is 17.8. The van der Waals surface area contributed by atoms with Crippen LogP contribution < -0.4 is 0 Å². The highest BCUT2D eigenvalue weighted by Crippen LogP contribution is 2.37. The van der Waals surface area contributed by atoms with E-state index in [1.54, 1.807) is 0 Å². The third kappa shape index (κ3) is 2.45. The maximum Gasteiger partial charge on any atom is 0.127 e. The van der Waals surface area contributed by atoms with Gasteiger partial charge in [0, 0.05) is 28.0 Å². The molecule has 4 aromatic carbocycles. The van der Waals surface area contributed by atoms with Crippen LogP contribution in [-0.2, 0) is 0 Å². The molecule has 0 radical (unpaired) electrons. The molecule has 0 N–H and O–H groups in total. The van der Waals surface area contributed by atoms with Crippen molar-refractivity contribution < 1.29 is 0 Å². The van der Waals surface area contributed by atoms with Gasteiger partial charge in [-0.2, -0.15) is 0 Å². The van der Waals surface area contributed by atoms with Gasteiger partial charge in [0.25, 0.3) is 0 Å². The molecule has 32 heavy (non-hydrogen) atoms. The van der Waals surface area contributed by atoms with Gasteiger partial charge in [0.1, 0.15) is 12.0 Å². The summed E-state index contributed by atoms with van der Waals surface area (Å²) in [4.78, 5) is 5.41. The van der Waals surface area contributed by atoms with Crippen molar-refractivity contribution in [3.05, 3.63) is 97.1 Å². The number of benzene rings is 4. The van der Waals surface area contributed by atoms with Crippen LogP contribution >= 0.6 is 0 Å². The van der Waals surface area contributed by atoms with Crippen LogP contribution in [0.25, 0.3) is 43.6 Å². The first-order valence-corrected chi connectivity index (χ1v) is 11.4. The Morgan fingerprint density at radius 3 is 1.53 bits per heavy atom. The normalized spacial score (nSPS) is 16.9. The summed E-state index contributed by atoms with van der Waals surface area (Å²) < 4.78 is 4.85. The number of para-hydroxylation sites is 4. The number of nitrogens with zero attached hydrogens (tertiary/aromatic N) is 3. The zero-order chi connectivity index (χ0) is 21.1. The highest BCUT2D eigenvalue weighted by atomic mass is 15.2. The van der Waals surface area contributed by atoms with Crippen molar-refractivity contribution in [2.24, 2.45) is 4.99 Å². The quantitative estimate of drug-likeness (QED) is 0.266. The molecular weight excluding hydrogens is 390 g/mol. The Morgan fingerprint density at radius 1 is 0.562 bits per heavy atom. The van der Waals surface area contributed by atoms with E-state index < -0.39 is 0 Å². The second-order valence-corrected chi connectivity index (χ2v) is 8.69. The maximum atomic E-state index is 5.41. The molecule has 1 aliphatic heterocycles. The first kappa shape index (κ1) is 17.8. The molecule has 0 amide bonds. The summed E-state index contributed by atoms with van der Waals surface area (Å²) >= 11 is 0. The van der Waals surface area contributed by atoms with Gasteiger partial charge < -0.3 is 4.57 Å². The van der Waals surface area contributed by atoms with Gasteiger partial charge in [-0.05, 0) is 37.1 Å². The second kappa shape index (κ2) is 6.83. The molecule has 3 heterocycles. The molecule has 2 aromatic heterocycles. The van der Waals surface area contributed by atoms with Crippen LogP contribution in [0.5, 0.6) is 0 Å². The van der Waals surface area contributed by atoms with Gasteiger partial charge in [-0.25, -0.2) is 4.99 Å². The molecule has 0 saturated heterocycles. The SMILES string of the molecule is c1ccc2c(c1)c1ccccc1n2C1=NC(n2c3ccccc3c3ccccc32)CCC1. The molecule has 154 valence electrons. The van der Waals surface area contributed by atoms with E-state index in [1.807, 2.05) is 0 Å². The summed E-state index contributed by atoms with van der Waals surface area (Å²) in [7, 11) is 0. The van der Waals surface area contributed by atoms with E-state index in [9.17, 15) is 0 Å². The molecule has 1 atom stereocenters. The molecule has 3 heteroatoms. The molecule has 1 aliphatic rings. The zero-order valence-corrected chi connectivity index (χ0v) is 17.8. The minimum Gasteiger partial charge on any atom is -0.317 e. The van der Waals surface area contributed by atoms with Crippen molar-refractivity contribution in [2.75, 3.05) is 0 Å². The first-order chi connectivity index (χ1) is 15.9. The molecule has 0 bridgehead atoms. The van der Waals surface area contributed by atoms with Crippen LogP contribution in [0.4, 0.5) is 0 Å². The van der Waals surface area contributed by atoms with Gasteiger partial charge in [0.2, 0.25) is 0 Å². The van der Waals surface area contributed by atoms with Crippen molar-refractivity contribution >= 4 is 49.4 Å². The summed E-state index contributed by atoms with van der Waals surface area (Å²) in [5, 5.41) is 5.21. The molecule has 0 saturated carbocycles. The maximum absolute atomic E-state index is 5.41.